The first kappa shape index (κ1) is 14.5. The second-order valence-electron chi connectivity index (χ2n) is 4.60. The Morgan fingerprint density at radius 1 is 1.15 bits per heavy atom. The smallest absolute Gasteiger partial charge is 0.226 e. The summed E-state index contributed by atoms with van der Waals surface area (Å²) in [6.07, 6.45) is 3.50. The van der Waals surface area contributed by atoms with Crippen LogP contribution in [0.5, 0.6) is 0 Å². The minimum atomic E-state index is 0.715. The summed E-state index contributed by atoms with van der Waals surface area (Å²) < 4.78 is 10.2. The molecule has 0 aliphatic heterocycles. The monoisotopic (exact) mass is 275 g/mol. The largest absolute Gasteiger partial charge is 0.385 e. The van der Waals surface area contributed by atoms with Crippen molar-refractivity contribution in [3.05, 3.63) is 42.0 Å². The van der Waals surface area contributed by atoms with Crippen molar-refractivity contribution in [2.45, 2.75) is 25.7 Å². The Morgan fingerprint density at radius 2 is 2.00 bits per heavy atom. The van der Waals surface area contributed by atoms with Crippen LogP contribution in [0.3, 0.4) is 0 Å². The molecule has 0 bridgehead atoms. The second kappa shape index (κ2) is 8.32. The number of aromatic nitrogens is 2. The van der Waals surface area contributed by atoms with Gasteiger partial charge in [0.15, 0.2) is 5.82 Å². The predicted octanol–water partition coefficient (Wildman–Crippen LogP) is 2.69. The van der Waals surface area contributed by atoms with Gasteiger partial charge in [0.2, 0.25) is 5.89 Å². The maximum Gasteiger partial charge on any atom is 0.226 e. The Bertz CT molecular complexity index is 485. The zero-order chi connectivity index (χ0) is 14.0. The van der Waals surface area contributed by atoms with Crippen molar-refractivity contribution in [1.82, 2.24) is 10.1 Å². The predicted molar refractivity (Wildman–Crippen MR) is 77.7 cm³/mol. The molecule has 1 heterocycles. The van der Waals surface area contributed by atoms with Gasteiger partial charge in [0.05, 0.1) is 0 Å². The number of benzene rings is 1. The maximum atomic E-state index is 5.22. The molecule has 5 nitrogen and oxygen atoms in total. The van der Waals surface area contributed by atoms with Gasteiger partial charge >= 0.3 is 0 Å². The third-order valence-electron chi connectivity index (χ3n) is 2.93. The SMILES string of the molecule is COCCCc1noc(CCCNc2ccccc2)n1. The van der Waals surface area contributed by atoms with Crippen LogP contribution in [-0.4, -0.2) is 30.4 Å². The van der Waals surface area contributed by atoms with Crippen LogP contribution in [0, 0.1) is 0 Å². The third-order valence-corrected chi connectivity index (χ3v) is 2.93. The van der Waals surface area contributed by atoms with E-state index >= 15 is 0 Å². The van der Waals surface area contributed by atoms with Gasteiger partial charge in [-0.2, -0.15) is 4.98 Å². The summed E-state index contributed by atoms with van der Waals surface area (Å²) in [4.78, 5) is 4.37. The Hall–Kier alpha value is -1.88. The first-order valence-electron chi connectivity index (χ1n) is 6.98. The van der Waals surface area contributed by atoms with Crippen LogP contribution >= 0.6 is 0 Å². The van der Waals surface area contributed by atoms with Crippen molar-refractivity contribution < 1.29 is 9.26 Å². The Morgan fingerprint density at radius 3 is 2.80 bits per heavy atom. The molecule has 5 heteroatoms. The fraction of sp³-hybridized carbons (Fsp3) is 0.467. The summed E-state index contributed by atoms with van der Waals surface area (Å²) in [5.74, 6) is 1.49. The van der Waals surface area contributed by atoms with E-state index < -0.39 is 0 Å². The van der Waals surface area contributed by atoms with Gasteiger partial charge in [0.25, 0.3) is 0 Å². The number of methoxy groups -OCH3 is 1. The summed E-state index contributed by atoms with van der Waals surface area (Å²) in [5.41, 5.74) is 1.14. The molecule has 0 radical (unpaired) electrons. The topological polar surface area (TPSA) is 60.2 Å². The first-order valence-corrected chi connectivity index (χ1v) is 6.98. The molecule has 2 rings (SSSR count). The van der Waals surface area contributed by atoms with E-state index in [1.165, 1.54) is 0 Å². The molecule has 0 aliphatic rings. The molecule has 0 atom stereocenters. The second-order valence-corrected chi connectivity index (χ2v) is 4.60. The lowest BCUT2D eigenvalue weighted by atomic mass is 10.2. The molecule has 0 fully saturated rings. The highest BCUT2D eigenvalue weighted by atomic mass is 16.5. The molecule has 0 aliphatic carbocycles. The van der Waals surface area contributed by atoms with Crippen molar-refractivity contribution in [3.8, 4) is 0 Å². The Balaban J connectivity index is 1.64. The van der Waals surface area contributed by atoms with Crippen LogP contribution in [0.1, 0.15) is 24.6 Å². The van der Waals surface area contributed by atoms with Crippen LogP contribution in [0.4, 0.5) is 5.69 Å². The maximum absolute atomic E-state index is 5.22. The molecule has 0 unspecified atom stereocenters. The summed E-state index contributed by atoms with van der Waals surface area (Å²) in [7, 11) is 1.70. The molecule has 1 aromatic heterocycles. The van der Waals surface area contributed by atoms with Gasteiger partial charge in [-0.3, -0.25) is 0 Å². The van der Waals surface area contributed by atoms with Gasteiger partial charge < -0.3 is 14.6 Å². The van der Waals surface area contributed by atoms with E-state index in [0.29, 0.717) is 5.89 Å². The molecule has 20 heavy (non-hydrogen) atoms. The lowest BCUT2D eigenvalue weighted by molar-refractivity contribution is 0.194. The van der Waals surface area contributed by atoms with Gasteiger partial charge in [0.1, 0.15) is 0 Å². The van der Waals surface area contributed by atoms with E-state index in [1.807, 2.05) is 18.2 Å². The Kier molecular flexibility index (Phi) is 6.05. The fourth-order valence-electron chi connectivity index (χ4n) is 1.90. The molecule has 0 spiro atoms. The number of rotatable bonds is 9. The number of hydrogen-bond acceptors (Lipinski definition) is 5. The van der Waals surface area contributed by atoms with Crippen molar-refractivity contribution in [3.63, 3.8) is 0 Å². The van der Waals surface area contributed by atoms with E-state index in [1.54, 1.807) is 7.11 Å². The summed E-state index contributed by atoms with van der Waals surface area (Å²) >= 11 is 0. The van der Waals surface area contributed by atoms with Crippen LogP contribution in [-0.2, 0) is 17.6 Å². The van der Waals surface area contributed by atoms with Crippen molar-refractivity contribution in [1.29, 1.82) is 0 Å². The molecule has 0 saturated carbocycles. The van der Waals surface area contributed by atoms with Gasteiger partial charge in [-0.1, -0.05) is 23.4 Å². The van der Waals surface area contributed by atoms with Gasteiger partial charge in [-0.05, 0) is 25.0 Å². The zero-order valence-corrected chi connectivity index (χ0v) is 11.8. The molecule has 0 amide bonds. The average Bonchev–Trinajstić information content (AvgIpc) is 2.93. The molecule has 1 aromatic carbocycles. The lowest BCUT2D eigenvalue weighted by Gasteiger charge is -2.03. The van der Waals surface area contributed by atoms with E-state index in [9.17, 15) is 0 Å². The highest BCUT2D eigenvalue weighted by Crippen LogP contribution is 2.06. The summed E-state index contributed by atoms with van der Waals surface area (Å²) in [5, 5.41) is 7.32. The molecular weight excluding hydrogens is 254 g/mol. The molecule has 1 N–H and O–H groups in total. The number of aryl methyl sites for hydroxylation is 2. The molecule has 108 valence electrons. The first-order chi connectivity index (χ1) is 9.88. The van der Waals surface area contributed by atoms with E-state index in [-0.39, 0.29) is 0 Å². The van der Waals surface area contributed by atoms with Crippen LogP contribution in [0.2, 0.25) is 0 Å². The van der Waals surface area contributed by atoms with E-state index in [0.717, 1.165) is 50.3 Å². The van der Waals surface area contributed by atoms with Crippen LogP contribution in [0.25, 0.3) is 0 Å². The highest BCUT2D eigenvalue weighted by molar-refractivity contribution is 5.42. The summed E-state index contributed by atoms with van der Waals surface area (Å²) in [6.45, 7) is 1.62. The number of nitrogens with one attached hydrogen (secondary N) is 1. The van der Waals surface area contributed by atoms with Crippen molar-refractivity contribution in [2.24, 2.45) is 0 Å². The minimum Gasteiger partial charge on any atom is -0.385 e. The van der Waals surface area contributed by atoms with Crippen LogP contribution < -0.4 is 5.32 Å². The normalized spacial score (nSPS) is 10.7. The van der Waals surface area contributed by atoms with Crippen molar-refractivity contribution in [2.75, 3.05) is 25.6 Å². The average molecular weight is 275 g/mol. The number of anilines is 1. The lowest BCUT2D eigenvalue weighted by Crippen LogP contribution is -2.03. The molecular formula is C15H21N3O2. The number of nitrogens with zero attached hydrogens (tertiary/aromatic N) is 2. The van der Waals surface area contributed by atoms with Gasteiger partial charge in [0, 0.05) is 38.8 Å². The zero-order valence-electron chi connectivity index (χ0n) is 11.8. The minimum absolute atomic E-state index is 0.715. The van der Waals surface area contributed by atoms with E-state index in [2.05, 4.69) is 27.6 Å². The Labute approximate surface area is 119 Å². The summed E-state index contributed by atoms with van der Waals surface area (Å²) in [6, 6.07) is 10.2. The van der Waals surface area contributed by atoms with Crippen LogP contribution in [0.15, 0.2) is 34.9 Å². The highest BCUT2D eigenvalue weighted by Gasteiger charge is 2.05. The van der Waals surface area contributed by atoms with Gasteiger partial charge in [-0.15, -0.1) is 0 Å². The quantitative estimate of drug-likeness (QED) is 0.713. The fourth-order valence-corrected chi connectivity index (χ4v) is 1.90. The number of hydrogen-bond donors (Lipinski definition) is 1. The number of ether oxygens (including phenoxy) is 1. The third kappa shape index (κ3) is 5.01. The standard InChI is InChI=1S/C15H21N3O2/c1-19-12-6-9-14-17-15(20-18-14)10-5-11-16-13-7-3-2-4-8-13/h2-4,7-8,16H,5-6,9-12H2,1H3. The van der Waals surface area contributed by atoms with Gasteiger partial charge in [-0.25, -0.2) is 0 Å². The molecule has 2 aromatic rings. The van der Waals surface area contributed by atoms with E-state index in [4.69, 9.17) is 9.26 Å². The molecule has 0 saturated heterocycles. The van der Waals surface area contributed by atoms with Crippen molar-refractivity contribution >= 4 is 5.69 Å². The number of para-hydroxylation sites is 1.